The molecule has 0 aliphatic carbocycles. The van der Waals surface area contributed by atoms with Gasteiger partial charge in [-0.15, -0.1) is 0 Å². The number of nitrogens with one attached hydrogen (secondary N) is 1. The zero-order valence-corrected chi connectivity index (χ0v) is 13.2. The van der Waals surface area contributed by atoms with E-state index in [2.05, 4.69) is 10.3 Å². The summed E-state index contributed by atoms with van der Waals surface area (Å²) in [6.45, 7) is 0.421. The summed E-state index contributed by atoms with van der Waals surface area (Å²) in [5.41, 5.74) is 1.19. The first-order chi connectivity index (χ1) is 11.9. The number of allylic oxidation sites excluding steroid dienone is 2. The summed E-state index contributed by atoms with van der Waals surface area (Å²) in [7, 11) is 0. The third kappa shape index (κ3) is 5.10. The number of benzene rings is 1. The largest absolute Gasteiger partial charge is 0.504 e. The Balaban J connectivity index is 1.97. The lowest BCUT2D eigenvalue weighted by Crippen LogP contribution is -2.41. The molecule has 5 N–H and O–H groups in total. The Morgan fingerprint density at radius 1 is 1.24 bits per heavy atom. The van der Waals surface area contributed by atoms with Crippen molar-refractivity contribution in [2.24, 2.45) is 4.99 Å². The second-order valence-corrected chi connectivity index (χ2v) is 5.47. The van der Waals surface area contributed by atoms with E-state index in [1.807, 2.05) is 0 Å². The molecule has 1 atom stereocenters. The van der Waals surface area contributed by atoms with Gasteiger partial charge in [0.2, 0.25) is 0 Å². The van der Waals surface area contributed by atoms with Crippen molar-refractivity contribution in [2.75, 3.05) is 6.54 Å². The Morgan fingerprint density at radius 2 is 2.00 bits per heavy atom. The lowest BCUT2D eigenvalue weighted by Gasteiger charge is -2.21. The summed E-state index contributed by atoms with van der Waals surface area (Å²) in [4.78, 5) is 26.3. The molecule has 0 fully saturated rings. The van der Waals surface area contributed by atoms with E-state index in [9.17, 15) is 19.8 Å². The predicted octanol–water partition coefficient (Wildman–Crippen LogP) is 1.05. The number of hydrogen-bond acceptors (Lipinski definition) is 6. The SMILES string of the molecule is O=C(O)C1=C/C(=C\C=NCCc2ccc(O)c(O)c2)C[C@H](C(=O)O)N1. The molecule has 1 aliphatic rings. The highest BCUT2D eigenvalue weighted by Crippen LogP contribution is 2.25. The normalized spacial score (nSPS) is 18.8. The van der Waals surface area contributed by atoms with Crippen LogP contribution in [-0.4, -0.2) is 51.2 Å². The molecule has 0 bridgehead atoms. The molecule has 1 aliphatic heterocycles. The quantitative estimate of drug-likeness (QED) is 0.383. The smallest absolute Gasteiger partial charge is 0.351 e. The summed E-state index contributed by atoms with van der Waals surface area (Å²) in [5, 5.41) is 39.2. The maximum Gasteiger partial charge on any atom is 0.351 e. The maximum atomic E-state index is 11.1. The van der Waals surface area contributed by atoms with Crippen molar-refractivity contribution < 1.29 is 30.0 Å². The summed E-state index contributed by atoms with van der Waals surface area (Å²) in [6, 6.07) is 3.54. The molecule has 1 aromatic rings. The van der Waals surface area contributed by atoms with Crippen molar-refractivity contribution in [3.63, 3.8) is 0 Å². The van der Waals surface area contributed by atoms with Crippen LogP contribution in [0.15, 0.2) is 46.6 Å². The fourth-order valence-electron chi connectivity index (χ4n) is 2.29. The summed E-state index contributed by atoms with van der Waals surface area (Å²) < 4.78 is 0. The zero-order valence-electron chi connectivity index (χ0n) is 13.2. The number of hydrogen-bond donors (Lipinski definition) is 5. The van der Waals surface area contributed by atoms with Gasteiger partial charge in [0.15, 0.2) is 11.5 Å². The minimum atomic E-state index is -1.22. The molecule has 1 heterocycles. The van der Waals surface area contributed by atoms with E-state index in [0.29, 0.717) is 18.5 Å². The van der Waals surface area contributed by atoms with Gasteiger partial charge >= 0.3 is 11.9 Å². The Hall–Kier alpha value is -3.29. The van der Waals surface area contributed by atoms with E-state index in [1.54, 1.807) is 12.1 Å². The number of aliphatic carboxylic acids is 2. The Kier molecular flexibility index (Phi) is 5.78. The second-order valence-electron chi connectivity index (χ2n) is 5.47. The molecule has 1 aromatic carbocycles. The van der Waals surface area contributed by atoms with Gasteiger partial charge in [-0.05, 0) is 41.8 Å². The molecule has 8 heteroatoms. The maximum absolute atomic E-state index is 11.1. The Bertz CT molecular complexity index is 766. The minimum Gasteiger partial charge on any atom is -0.504 e. The molecule has 0 unspecified atom stereocenters. The molecule has 0 radical (unpaired) electrons. The molecule has 8 nitrogen and oxygen atoms in total. The Labute approximate surface area is 143 Å². The molecular formula is C17H18N2O6. The highest BCUT2D eigenvalue weighted by Gasteiger charge is 2.26. The fraction of sp³-hybridized carbons (Fsp3) is 0.235. The van der Waals surface area contributed by atoms with Gasteiger partial charge in [0, 0.05) is 19.2 Å². The van der Waals surface area contributed by atoms with E-state index in [0.717, 1.165) is 5.56 Å². The van der Waals surface area contributed by atoms with Crippen molar-refractivity contribution in [1.29, 1.82) is 0 Å². The van der Waals surface area contributed by atoms with E-state index in [-0.39, 0.29) is 23.6 Å². The summed E-state index contributed by atoms with van der Waals surface area (Å²) >= 11 is 0. The zero-order chi connectivity index (χ0) is 18.4. The number of aromatic hydroxyl groups is 2. The van der Waals surface area contributed by atoms with Crippen LogP contribution in [0.25, 0.3) is 0 Å². The first-order valence-electron chi connectivity index (χ1n) is 7.51. The molecule has 132 valence electrons. The number of carboxylic acid groups (broad SMARTS) is 2. The minimum absolute atomic E-state index is 0.157. The van der Waals surface area contributed by atoms with Crippen LogP contribution >= 0.6 is 0 Å². The van der Waals surface area contributed by atoms with Gasteiger partial charge in [-0.3, -0.25) is 4.99 Å². The molecule has 2 rings (SSSR count). The van der Waals surface area contributed by atoms with Gasteiger partial charge < -0.3 is 25.7 Å². The van der Waals surface area contributed by atoms with Gasteiger partial charge in [-0.2, -0.15) is 0 Å². The second kappa shape index (κ2) is 8.00. The van der Waals surface area contributed by atoms with Gasteiger partial charge in [-0.25, -0.2) is 9.59 Å². The number of nitrogens with zero attached hydrogens (tertiary/aromatic N) is 1. The average molecular weight is 346 g/mol. The molecule has 0 aromatic heterocycles. The highest BCUT2D eigenvalue weighted by molar-refractivity contribution is 5.89. The van der Waals surface area contributed by atoms with E-state index in [1.165, 1.54) is 24.4 Å². The van der Waals surface area contributed by atoms with Crippen LogP contribution in [0, 0.1) is 0 Å². The van der Waals surface area contributed by atoms with Crippen LogP contribution in [-0.2, 0) is 16.0 Å². The number of carboxylic acids is 2. The van der Waals surface area contributed by atoms with E-state index >= 15 is 0 Å². The lowest BCUT2D eigenvalue weighted by molar-refractivity contribution is -0.139. The highest BCUT2D eigenvalue weighted by atomic mass is 16.4. The number of rotatable bonds is 6. The van der Waals surface area contributed by atoms with Crippen molar-refractivity contribution in [2.45, 2.75) is 18.9 Å². The molecular weight excluding hydrogens is 328 g/mol. The van der Waals surface area contributed by atoms with Crippen LogP contribution in [0.2, 0.25) is 0 Å². The van der Waals surface area contributed by atoms with E-state index < -0.39 is 18.0 Å². The van der Waals surface area contributed by atoms with Crippen LogP contribution in [0.4, 0.5) is 0 Å². The summed E-state index contributed by atoms with van der Waals surface area (Å²) in [6.07, 6.45) is 5.16. The molecule has 0 saturated carbocycles. The van der Waals surface area contributed by atoms with Gasteiger partial charge in [-0.1, -0.05) is 6.07 Å². The third-order valence-electron chi connectivity index (χ3n) is 3.59. The van der Waals surface area contributed by atoms with Crippen molar-refractivity contribution in [3.8, 4) is 11.5 Å². The van der Waals surface area contributed by atoms with Gasteiger partial charge in [0.25, 0.3) is 0 Å². The van der Waals surface area contributed by atoms with Crippen molar-refractivity contribution in [3.05, 3.63) is 47.2 Å². The molecule has 25 heavy (non-hydrogen) atoms. The number of phenolic OH excluding ortho intramolecular Hbond substituents is 2. The fourth-order valence-corrected chi connectivity index (χ4v) is 2.29. The van der Waals surface area contributed by atoms with Crippen LogP contribution in [0.5, 0.6) is 11.5 Å². The monoisotopic (exact) mass is 346 g/mol. The molecule has 0 saturated heterocycles. The Morgan fingerprint density at radius 3 is 2.64 bits per heavy atom. The number of phenols is 2. The predicted molar refractivity (Wildman–Crippen MR) is 89.8 cm³/mol. The van der Waals surface area contributed by atoms with Crippen molar-refractivity contribution >= 4 is 18.2 Å². The molecule has 0 spiro atoms. The lowest BCUT2D eigenvalue weighted by atomic mass is 10.00. The van der Waals surface area contributed by atoms with Crippen molar-refractivity contribution in [1.82, 2.24) is 5.32 Å². The first kappa shape index (κ1) is 18.1. The number of aliphatic imine (C=N–C) groups is 1. The topological polar surface area (TPSA) is 139 Å². The molecule has 0 amide bonds. The standard InChI is InChI=1S/C17H18N2O6/c20-14-2-1-10(9-15(14)21)3-5-18-6-4-11-7-12(16(22)23)19-13(8-11)17(24)25/h1-2,4,6-7,9,13,19-21H,3,5,8H2,(H,22,23)(H,24,25)/b11-4+,18-6?/t13-/m1/s1. The van der Waals surface area contributed by atoms with Gasteiger partial charge in [0.1, 0.15) is 11.7 Å². The van der Waals surface area contributed by atoms with E-state index in [4.69, 9.17) is 10.2 Å². The van der Waals surface area contributed by atoms with Crippen LogP contribution in [0.1, 0.15) is 12.0 Å². The van der Waals surface area contributed by atoms with Gasteiger partial charge in [0.05, 0.1) is 0 Å². The third-order valence-corrected chi connectivity index (χ3v) is 3.59. The average Bonchev–Trinajstić information content (AvgIpc) is 2.57. The van der Waals surface area contributed by atoms with Crippen LogP contribution < -0.4 is 5.32 Å². The first-order valence-corrected chi connectivity index (χ1v) is 7.51. The summed E-state index contributed by atoms with van der Waals surface area (Å²) in [5.74, 6) is -2.72. The van der Waals surface area contributed by atoms with Crippen LogP contribution in [0.3, 0.4) is 0 Å². The number of carbonyl (C=O) groups is 2.